The van der Waals surface area contributed by atoms with Crippen LogP contribution in [0.5, 0.6) is 0 Å². The van der Waals surface area contributed by atoms with Crippen LogP contribution in [0.4, 0.5) is 0 Å². The summed E-state index contributed by atoms with van der Waals surface area (Å²) in [6.07, 6.45) is 7.37. The molecule has 1 amide bonds. The number of aliphatic hydroxyl groups is 1. The molecule has 4 nitrogen and oxygen atoms in total. The van der Waals surface area contributed by atoms with Gasteiger partial charge >= 0.3 is 0 Å². The molecule has 4 rings (SSSR count). The summed E-state index contributed by atoms with van der Waals surface area (Å²) < 4.78 is 0. The molecule has 0 aromatic rings. The lowest BCUT2D eigenvalue weighted by Crippen LogP contribution is -2.59. The fourth-order valence-corrected chi connectivity index (χ4v) is 5.49. The van der Waals surface area contributed by atoms with Crippen LogP contribution in [0.3, 0.4) is 0 Å². The highest BCUT2D eigenvalue weighted by atomic mass is 16.3. The average molecular weight is 304 g/mol. The van der Waals surface area contributed by atoms with Crippen molar-refractivity contribution < 1.29 is 9.90 Å². The van der Waals surface area contributed by atoms with Gasteiger partial charge in [-0.1, -0.05) is 18.1 Å². The van der Waals surface area contributed by atoms with Gasteiger partial charge in [-0.2, -0.15) is 0 Å². The number of hydrogen-bond donors (Lipinski definition) is 3. The van der Waals surface area contributed by atoms with E-state index in [0.29, 0.717) is 6.42 Å². The standard InChI is InChI=1S/C18H28N2O2/c1-11-4-3-5-16(2)9-14(21)13(8-12(11)16)18(19)10-17(6-7-17)20-15(18)22/h13-14,21H,3-10,19H2,1-2H3,(H,20,22)/t13-,14+,16-,18+/m0/s1. The maximum absolute atomic E-state index is 12.6. The maximum Gasteiger partial charge on any atom is 0.241 e. The molecule has 4 aliphatic rings. The van der Waals surface area contributed by atoms with Crippen LogP contribution in [-0.2, 0) is 4.79 Å². The van der Waals surface area contributed by atoms with Crippen LogP contribution < -0.4 is 11.1 Å². The first-order chi connectivity index (χ1) is 10.3. The molecule has 1 saturated heterocycles. The Balaban J connectivity index is 1.67. The molecule has 0 aromatic carbocycles. The molecule has 1 aliphatic heterocycles. The van der Waals surface area contributed by atoms with Gasteiger partial charge in [0.1, 0.15) is 5.54 Å². The van der Waals surface area contributed by atoms with Crippen molar-refractivity contribution in [3.63, 3.8) is 0 Å². The Morgan fingerprint density at radius 1 is 1.32 bits per heavy atom. The van der Waals surface area contributed by atoms with E-state index in [4.69, 9.17) is 5.73 Å². The summed E-state index contributed by atoms with van der Waals surface area (Å²) in [5, 5.41) is 13.9. The molecule has 122 valence electrons. The zero-order valence-electron chi connectivity index (χ0n) is 13.7. The predicted octanol–water partition coefficient (Wildman–Crippen LogP) is 2.01. The second-order valence-electron chi connectivity index (χ2n) is 8.71. The Kier molecular flexibility index (Phi) is 2.91. The summed E-state index contributed by atoms with van der Waals surface area (Å²) in [5.41, 5.74) is 8.73. The summed E-state index contributed by atoms with van der Waals surface area (Å²) >= 11 is 0. The van der Waals surface area contributed by atoms with Crippen molar-refractivity contribution in [2.75, 3.05) is 0 Å². The van der Waals surface area contributed by atoms with Crippen molar-refractivity contribution in [2.45, 2.75) is 82.4 Å². The molecule has 2 saturated carbocycles. The normalized spacial score (nSPS) is 46.6. The minimum absolute atomic E-state index is 0.0354. The van der Waals surface area contributed by atoms with E-state index in [1.165, 1.54) is 17.6 Å². The smallest absolute Gasteiger partial charge is 0.241 e. The van der Waals surface area contributed by atoms with E-state index < -0.39 is 11.6 Å². The number of carbonyl (C=O) groups excluding carboxylic acids is 1. The van der Waals surface area contributed by atoms with Gasteiger partial charge in [0.2, 0.25) is 5.91 Å². The highest BCUT2D eigenvalue weighted by molar-refractivity contribution is 5.90. The topological polar surface area (TPSA) is 75.3 Å². The zero-order chi connectivity index (χ0) is 15.8. The number of nitrogens with one attached hydrogen (secondary N) is 1. The first kappa shape index (κ1) is 14.7. The van der Waals surface area contributed by atoms with Crippen molar-refractivity contribution in [1.29, 1.82) is 0 Å². The number of aliphatic hydroxyl groups excluding tert-OH is 1. The SMILES string of the molecule is CC1=C2C[C@H]([C@]3(N)CC4(CC4)NC3=O)[C@H](O)C[C@]2(C)CCC1. The number of rotatable bonds is 1. The highest BCUT2D eigenvalue weighted by Crippen LogP contribution is 2.56. The van der Waals surface area contributed by atoms with Crippen molar-refractivity contribution in [2.24, 2.45) is 17.1 Å². The Morgan fingerprint density at radius 3 is 2.68 bits per heavy atom. The van der Waals surface area contributed by atoms with Gasteiger partial charge in [0, 0.05) is 11.5 Å². The van der Waals surface area contributed by atoms with Crippen LogP contribution in [0.1, 0.15) is 65.2 Å². The first-order valence-electron chi connectivity index (χ1n) is 8.77. The number of carbonyl (C=O) groups is 1. The van der Waals surface area contributed by atoms with Crippen LogP contribution >= 0.6 is 0 Å². The second kappa shape index (κ2) is 4.35. The van der Waals surface area contributed by atoms with Crippen molar-refractivity contribution in [3.05, 3.63) is 11.1 Å². The van der Waals surface area contributed by atoms with Gasteiger partial charge in [-0.3, -0.25) is 4.79 Å². The molecule has 4 atom stereocenters. The number of nitrogens with two attached hydrogens (primary N) is 1. The fraction of sp³-hybridized carbons (Fsp3) is 0.833. The minimum atomic E-state index is -0.887. The van der Waals surface area contributed by atoms with Crippen molar-refractivity contribution >= 4 is 5.91 Å². The molecule has 22 heavy (non-hydrogen) atoms. The molecule has 1 heterocycles. The van der Waals surface area contributed by atoms with E-state index in [1.54, 1.807) is 0 Å². The van der Waals surface area contributed by atoms with Crippen LogP contribution in [0, 0.1) is 11.3 Å². The Morgan fingerprint density at radius 2 is 2.05 bits per heavy atom. The lowest BCUT2D eigenvalue weighted by molar-refractivity contribution is -0.128. The van der Waals surface area contributed by atoms with E-state index in [-0.39, 0.29) is 22.8 Å². The van der Waals surface area contributed by atoms with Gasteiger partial charge in [-0.15, -0.1) is 0 Å². The summed E-state index contributed by atoms with van der Waals surface area (Å²) in [4.78, 5) is 12.6. The number of hydrogen-bond acceptors (Lipinski definition) is 3. The maximum atomic E-state index is 12.6. The van der Waals surface area contributed by atoms with E-state index in [1.807, 2.05) is 0 Å². The average Bonchev–Trinajstić information content (AvgIpc) is 3.10. The van der Waals surface area contributed by atoms with Gasteiger partial charge in [0.15, 0.2) is 0 Å². The van der Waals surface area contributed by atoms with E-state index >= 15 is 0 Å². The lowest BCUT2D eigenvalue weighted by Gasteiger charge is -2.49. The quantitative estimate of drug-likeness (QED) is 0.649. The fourth-order valence-electron chi connectivity index (χ4n) is 5.49. The van der Waals surface area contributed by atoms with Gasteiger partial charge in [0.25, 0.3) is 0 Å². The summed E-state index contributed by atoms with van der Waals surface area (Å²) in [6.45, 7) is 4.51. The van der Waals surface area contributed by atoms with Crippen LogP contribution in [0.2, 0.25) is 0 Å². The minimum Gasteiger partial charge on any atom is -0.393 e. The van der Waals surface area contributed by atoms with Crippen molar-refractivity contribution in [3.8, 4) is 0 Å². The molecule has 3 fully saturated rings. The van der Waals surface area contributed by atoms with E-state index in [2.05, 4.69) is 19.2 Å². The summed E-state index contributed by atoms with van der Waals surface area (Å²) in [5.74, 6) is -0.171. The molecule has 0 radical (unpaired) electrons. The predicted molar refractivity (Wildman–Crippen MR) is 85.0 cm³/mol. The lowest BCUT2D eigenvalue weighted by atomic mass is 9.57. The molecule has 0 unspecified atom stereocenters. The van der Waals surface area contributed by atoms with Gasteiger partial charge in [-0.25, -0.2) is 0 Å². The summed E-state index contributed by atoms with van der Waals surface area (Å²) in [7, 11) is 0. The van der Waals surface area contributed by atoms with Crippen LogP contribution in [0.15, 0.2) is 11.1 Å². The number of allylic oxidation sites excluding steroid dienone is 2. The molecular weight excluding hydrogens is 276 g/mol. The monoisotopic (exact) mass is 304 g/mol. The third kappa shape index (κ3) is 1.93. The van der Waals surface area contributed by atoms with Crippen LogP contribution in [0.25, 0.3) is 0 Å². The van der Waals surface area contributed by atoms with E-state index in [0.717, 1.165) is 38.5 Å². The molecule has 4 heteroatoms. The first-order valence-corrected chi connectivity index (χ1v) is 8.77. The van der Waals surface area contributed by atoms with Gasteiger partial charge in [-0.05, 0) is 63.7 Å². The Hall–Kier alpha value is -0.870. The van der Waals surface area contributed by atoms with E-state index in [9.17, 15) is 9.90 Å². The largest absolute Gasteiger partial charge is 0.393 e. The molecule has 1 spiro atoms. The Bertz CT molecular complexity index is 565. The molecule has 0 bridgehead atoms. The number of fused-ring (bicyclic) bond motifs is 1. The van der Waals surface area contributed by atoms with Gasteiger partial charge in [0.05, 0.1) is 6.10 Å². The molecule has 4 N–H and O–H groups in total. The van der Waals surface area contributed by atoms with Gasteiger partial charge < -0.3 is 16.2 Å². The third-order valence-electron chi connectivity index (χ3n) is 7.02. The third-order valence-corrected chi connectivity index (χ3v) is 7.02. The molecule has 0 aromatic heterocycles. The molecule has 3 aliphatic carbocycles. The molecular formula is C18H28N2O2. The van der Waals surface area contributed by atoms with Crippen molar-refractivity contribution in [1.82, 2.24) is 5.32 Å². The zero-order valence-corrected chi connectivity index (χ0v) is 13.7. The number of amides is 1. The van der Waals surface area contributed by atoms with Crippen LogP contribution in [-0.4, -0.2) is 28.2 Å². The highest BCUT2D eigenvalue weighted by Gasteiger charge is 2.63. The Labute approximate surface area is 132 Å². The second-order valence-corrected chi connectivity index (χ2v) is 8.71. The summed E-state index contributed by atoms with van der Waals surface area (Å²) in [6, 6.07) is 0.